The Hall–Kier alpha value is -0.610. The number of carbonyl (C=O) groups excluding carboxylic acids is 1. The molecule has 66 valence electrons. The Kier molecular flexibility index (Phi) is 5.78. The molecule has 1 N–H and O–H groups in total. The fraction of sp³-hybridized carbons (Fsp3) is 0.857. The molecule has 0 aliphatic carbocycles. The van der Waals surface area contributed by atoms with Gasteiger partial charge in [0, 0.05) is 20.5 Å². The second-order valence-electron chi connectivity index (χ2n) is 2.28. The Labute approximate surface area is 66.8 Å². The number of rotatable bonds is 5. The van der Waals surface area contributed by atoms with Gasteiger partial charge in [-0.15, -0.1) is 0 Å². The van der Waals surface area contributed by atoms with Crippen LogP contribution >= 0.6 is 0 Å². The Morgan fingerprint density at radius 2 is 2.18 bits per heavy atom. The van der Waals surface area contributed by atoms with Gasteiger partial charge in [-0.2, -0.15) is 0 Å². The minimum Gasteiger partial charge on any atom is -0.394 e. The Morgan fingerprint density at radius 3 is 2.64 bits per heavy atom. The van der Waals surface area contributed by atoms with E-state index in [4.69, 9.17) is 9.84 Å². The van der Waals surface area contributed by atoms with Crippen molar-refractivity contribution in [2.75, 3.05) is 33.4 Å². The molecule has 0 atom stereocenters. The molecule has 1 amide bonds. The zero-order chi connectivity index (χ0) is 8.69. The topological polar surface area (TPSA) is 49.8 Å². The highest BCUT2D eigenvalue weighted by Crippen LogP contribution is 1.83. The third-order valence-electron chi connectivity index (χ3n) is 1.34. The molecule has 11 heavy (non-hydrogen) atoms. The van der Waals surface area contributed by atoms with Crippen molar-refractivity contribution in [3.63, 3.8) is 0 Å². The summed E-state index contributed by atoms with van der Waals surface area (Å²) in [6, 6.07) is 0. The molecule has 0 saturated carbocycles. The van der Waals surface area contributed by atoms with E-state index in [0.29, 0.717) is 19.8 Å². The normalized spacial score (nSPS) is 9.73. The molecule has 0 heterocycles. The highest BCUT2D eigenvalue weighted by Gasteiger charge is 1.99. The Bertz CT molecular complexity index is 116. The smallest absolute Gasteiger partial charge is 0.219 e. The lowest BCUT2D eigenvalue weighted by Crippen LogP contribution is -2.27. The minimum absolute atomic E-state index is 0.0256. The van der Waals surface area contributed by atoms with Gasteiger partial charge in [-0.1, -0.05) is 0 Å². The Balaban J connectivity index is 3.17. The van der Waals surface area contributed by atoms with Crippen LogP contribution in [0.4, 0.5) is 0 Å². The van der Waals surface area contributed by atoms with Crippen molar-refractivity contribution in [1.82, 2.24) is 4.90 Å². The van der Waals surface area contributed by atoms with Gasteiger partial charge in [-0.25, -0.2) is 0 Å². The lowest BCUT2D eigenvalue weighted by atomic mass is 10.5. The number of hydrogen-bond donors (Lipinski definition) is 1. The van der Waals surface area contributed by atoms with Crippen molar-refractivity contribution in [1.29, 1.82) is 0 Å². The van der Waals surface area contributed by atoms with E-state index < -0.39 is 0 Å². The summed E-state index contributed by atoms with van der Waals surface area (Å²) >= 11 is 0. The van der Waals surface area contributed by atoms with E-state index in [2.05, 4.69) is 0 Å². The number of ether oxygens (including phenoxy) is 1. The van der Waals surface area contributed by atoms with Gasteiger partial charge < -0.3 is 14.7 Å². The second kappa shape index (κ2) is 6.12. The molecule has 4 nitrogen and oxygen atoms in total. The molecule has 0 bridgehead atoms. The lowest BCUT2D eigenvalue weighted by Gasteiger charge is -2.13. The van der Waals surface area contributed by atoms with Crippen molar-refractivity contribution in [3.05, 3.63) is 0 Å². The van der Waals surface area contributed by atoms with E-state index in [1.54, 1.807) is 11.9 Å². The van der Waals surface area contributed by atoms with E-state index in [1.807, 2.05) is 0 Å². The van der Waals surface area contributed by atoms with Crippen LogP contribution < -0.4 is 0 Å². The molecule has 0 rings (SSSR count). The standard InChI is InChI=1S/C7H15NO3/c1-7(10)8(2)3-5-11-6-4-9/h9H,3-6H2,1-2H3. The van der Waals surface area contributed by atoms with Crippen LogP contribution in [-0.4, -0.2) is 49.3 Å². The number of likely N-dealkylation sites (N-methyl/N-ethyl adjacent to an activating group) is 1. The lowest BCUT2D eigenvalue weighted by molar-refractivity contribution is -0.128. The number of aliphatic hydroxyl groups excluding tert-OH is 1. The summed E-state index contributed by atoms with van der Waals surface area (Å²) in [5.74, 6) is 0.0256. The quantitative estimate of drug-likeness (QED) is 0.552. The highest BCUT2D eigenvalue weighted by atomic mass is 16.5. The van der Waals surface area contributed by atoms with E-state index >= 15 is 0 Å². The summed E-state index contributed by atoms with van der Waals surface area (Å²) in [6.45, 7) is 2.94. The summed E-state index contributed by atoms with van der Waals surface area (Å²) in [5.41, 5.74) is 0. The maximum Gasteiger partial charge on any atom is 0.219 e. The van der Waals surface area contributed by atoms with E-state index in [-0.39, 0.29) is 12.5 Å². The van der Waals surface area contributed by atoms with Gasteiger partial charge in [-0.3, -0.25) is 4.79 Å². The fourth-order valence-corrected chi connectivity index (χ4v) is 0.526. The van der Waals surface area contributed by atoms with Crippen LogP contribution in [0.2, 0.25) is 0 Å². The van der Waals surface area contributed by atoms with Crippen molar-refractivity contribution in [3.8, 4) is 0 Å². The van der Waals surface area contributed by atoms with Gasteiger partial charge in [0.2, 0.25) is 5.91 Å². The zero-order valence-electron chi connectivity index (χ0n) is 7.04. The van der Waals surface area contributed by atoms with Crippen molar-refractivity contribution >= 4 is 5.91 Å². The molecule has 0 spiro atoms. The van der Waals surface area contributed by atoms with E-state index in [1.165, 1.54) is 6.92 Å². The molecule has 0 aromatic carbocycles. The molecule has 0 unspecified atom stereocenters. The van der Waals surface area contributed by atoms with Crippen LogP contribution in [0.15, 0.2) is 0 Å². The van der Waals surface area contributed by atoms with Crippen LogP contribution in [0, 0.1) is 0 Å². The number of nitrogens with zero attached hydrogens (tertiary/aromatic N) is 1. The molecule has 0 aliphatic rings. The summed E-state index contributed by atoms with van der Waals surface area (Å²) in [6.07, 6.45) is 0. The Morgan fingerprint density at radius 1 is 1.55 bits per heavy atom. The first-order valence-electron chi connectivity index (χ1n) is 3.58. The number of aliphatic hydroxyl groups is 1. The monoisotopic (exact) mass is 161 g/mol. The van der Waals surface area contributed by atoms with Crippen molar-refractivity contribution in [2.24, 2.45) is 0 Å². The average molecular weight is 161 g/mol. The molecular weight excluding hydrogens is 146 g/mol. The van der Waals surface area contributed by atoms with Gasteiger partial charge in [0.05, 0.1) is 19.8 Å². The van der Waals surface area contributed by atoms with Gasteiger partial charge in [0.25, 0.3) is 0 Å². The summed E-state index contributed by atoms with van der Waals surface area (Å²) < 4.78 is 4.96. The molecule has 4 heteroatoms. The summed E-state index contributed by atoms with van der Waals surface area (Å²) in [5, 5.41) is 8.34. The summed E-state index contributed by atoms with van der Waals surface area (Å²) in [4.78, 5) is 12.2. The van der Waals surface area contributed by atoms with Crippen LogP contribution in [0.25, 0.3) is 0 Å². The van der Waals surface area contributed by atoms with Crippen LogP contribution in [0.5, 0.6) is 0 Å². The first-order chi connectivity index (χ1) is 5.18. The number of amides is 1. The van der Waals surface area contributed by atoms with Gasteiger partial charge in [0.15, 0.2) is 0 Å². The maximum absolute atomic E-state index is 10.6. The predicted octanol–water partition coefficient (Wildman–Crippen LogP) is -0.526. The molecular formula is C7H15NO3. The number of carbonyl (C=O) groups is 1. The van der Waals surface area contributed by atoms with E-state index in [9.17, 15) is 4.79 Å². The molecule has 0 aromatic heterocycles. The molecule has 0 fully saturated rings. The third-order valence-corrected chi connectivity index (χ3v) is 1.34. The van der Waals surface area contributed by atoms with Crippen LogP contribution in [-0.2, 0) is 9.53 Å². The van der Waals surface area contributed by atoms with Gasteiger partial charge in [0.1, 0.15) is 0 Å². The predicted molar refractivity (Wildman–Crippen MR) is 41.2 cm³/mol. The fourth-order valence-electron chi connectivity index (χ4n) is 0.526. The molecule has 0 aromatic rings. The molecule has 0 saturated heterocycles. The van der Waals surface area contributed by atoms with Crippen LogP contribution in [0.1, 0.15) is 6.92 Å². The first kappa shape index (κ1) is 10.4. The summed E-state index contributed by atoms with van der Waals surface area (Å²) in [7, 11) is 1.71. The minimum atomic E-state index is 0.0256. The second-order valence-corrected chi connectivity index (χ2v) is 2.28. The van der Waals surface area contributed by atoms with Crippen LogP contribution in [0.3, 0.4) is 0 Å². The zero-order valence-corrected chi connectivity index (χ0v) is 7.04. The largest absolute Gasteiger partial charge is 0.394 e. The van der Waals surface area contributed by atoms with Crippen molar-refractivity contribution < 1.29 is 14.6 Å². The van der Waals surface area contributed by atoms with Gasteiger partial charge in [-0.05, 0) is 0 Å². The maximum atomic E-state index is 10.6. The van der Waals surface area contributed by atoms with E-state index in [0.717, 1.165) is 0 Å². The van der Waals surface area contributed by atoms with Gasteiger partial charge >= 0.3 is 0 Å². The molecule has 0 radical (unpaired) electrons. The molecule has 0 aliphatic heterocycles. The number of hydrogen-bond acceptors (Lipinski definition) is 3. The third kappa shape index (κ3) is 5.82. The van der Waals surface area contributed by atoms with Crippen molar-refractivity contribution in [2.45, 2.75) is 6.92 Å². The average Bonchev–Trinajstić information content (AvgIpc) is 1.97. The highest BCUT2D eigenvalue weighted by molar-refractivity contribution is 5.72. The first-order valence-corrected chi connectivity index (χ1v) is 3.58. The SMILES string of the molecule is CC(=O)N(C)CCOCCO.